The Balaban J connectivity index is 1.15. The molecule has 0 spiro atoms. The molecular formula is C45H29BN2O. The third-order valence-corrected chi connectivity index (χ3v) is 10.7. The van der Waals surface area contributed by atoms with E-state index < -0.39 is 0 Å². The summed E-state index contributed by atoms with van der Waals surface area (Å²) in [4.78, 5) is 5.00. The van der Waals surface area contributed by atoms with Gasteiger partial charge in [0, 0.05) is 51.5 Å². The van der Waals surface area contributed by atoms with Crippen molar-refractivity contribution >= 4 is 68.2 Å². The molecule has 49 heavy (non-hydrogen) atoms. The third kappa shape index (κ3) is 3.86. The van der Waals surface area contributed by atoms with Crippen LogP contribution in [0.15, 0.2) is 168 Å². The van der Waals surface area contributed by atoms with Crippen molar-refractivity contribution in [2.24, 2.45) is 0 Å². The summed E-state index contributed by atoms with van der Waals surface area (Å²) in [6.45, 7) is 0.104. The van der Waals surface area contributed by atoms with Gasteiger partial charge in [0.05, 0.1) is 0 Å². The number of rotatable bonds is 3. The van der Waals surface area contributed by atoms with Gasteiger partial charge in [-0.3, -0.25) is 0 Å². The van der Waals surface area contributed by atoms with Gasteiger partial charge in [0.25, 0.3) is 6.71 Å². The summed E-state index contributed by atoms with van der Waals surface area (Å²) >= 11 is 0. The maximum atomic E-state index is 6.24. The van der Waals surface area contributed by atoms with Crippen LogP contribution in [0.3, 0.4) is 0 Å². The van der Waals surface area contributed by atoms with E-state index in [0.29, 0.717) is 0 Å². The number of nitrogens with zero attached hydrogens (tertiary/aromatic N) is 2. The van der Waals surface area contributed by atoms with Gasteiger partial charge in [-0.1, -0.05) is 103 Å². The predicted octanol–water partition coefficient (Wildman–Crippen LogP) is 9.75. The van der Waals surface area contributed by atoms with E-state index in [-0.39, 0.29) is 6.71 Å². The molecule has 0 bridgehead atoms. The lowest BCUT2D eigenvalue weighted by molar-refractivity contribution is 0.631. The van der Waals surface area contributed by atoms with Gasteiger partial charge in [0.2, 0.25) is 0 Å². The van der Waals surface area contributed by atoms with Gasteiger partial charge in [-0.2, -0.15) is 0 Å². The standard InChI is InChI=1S/C45H29BN2O/c1-2-10-29(11-3-1)31-22-25-39-37(27-31)46-36-15-8-14-34-26-32-12-4-6-16-38(32)48(45(34)36)41-18-9-17-40(44(41)46)47(39)35-23-20-30(21-24-35)43-28-33-13-5-7-19-42(33)49-43/h1-25,27-28H,26H2. The molecule has 0 aliphatic carbocycles. The number of fused-ring (bicyclic) bond motifs is 7. The minimum Gasteiger partial charge on any atom is -0.456 e. The third-order valence-electron chi connectivity index (χ3n) is 10.7. The lowest BCUT2D eigenvalue weighted by Crippen LogP contribution is -2.61. The van der Waals surface area contributed by atoms with E-state index in [2.05, 4.69) is 161 Å². The number of benzene rings is 7. The van der Waals surface area contributed by atoms with Gasteiger partial charge in [0.15, 0.2) is 0 Å². The first kappa shape index (κ1) is 26.8. The molecule has 7 aromatic carbocycles. The Labute approximate surface area is 285 Å². The van der Waals surface area contributed by atoms with Crippen molar-refractivity contribution in [1.29, 1.82) is 0 Å². The molecule has 11 rings (SSSR count). The van der Waals surface area contributed by atoms with Crippen molar-refractivity contribution in [3.8, 4) is 22.5 Å². The molecule has 228 valence electrons. The number of hydrogen-bond acceptors (Lipinski definition) is 3. The van der Waals surface area contributed by atoms with Crippen LogP contribution in [-0.4, -0.2) is 6.71 Å². The smallest absolute Gasteiger partial charge is 0.252 e. The fourth-order valence-electron chi connectivity index (χ4n) is 8.53. The minimum absolute atomic E-state index is 0.104. The fraction of sp³-hybridized carbons (Fsp3) is 0.0222. The van der Waals surface area contributed by atoms with E-state index in [1.54, 1.807) is 0 Å². The fourth-order valence-corrected chi connectivity index (χ4v) is 8.53. The molecule has 1 aromatic heterocycles. The van der Waals surface area contributed by atoms with Crippen LogP contribution in [0, 0.1) is 0 Å². The van der Waals surface area contributed by atoms with Gasteiger partial charge >= 0.3 is 0 Å². The minimum atomic E-state index is 0.104. The maximum absolute atomic E-state index is 6.24. The van der Waals surface area contributed by atoms with Crippen LogP contribution in [0.1, 0.15) is 11.1 Å². The Hall–Kier alpha value is -6.26. The van der Waals surface area contributed by atoms with E-state index in [4.69, 9.17) is 4.42 Å². The molecule has 0 saturated carbocycles. The van der Waals surface area contributed by atoms with E-state index in [1.807, 2.05) is 12.1 Å². The average Bonchev–Trinajstić information content (AvgIpc) is 3.61. The second kappa shape index (κ2) is 10.1. The Morgan fingerprint density at radius 1 is 0.469 bits per heavy atom. The van der Waals surface area contributed by atoms with E-state index in [9.17, 15) is 0 Å². The predicted molar refractivity (Wildman–Crippen MR) is 204 cm³/mol. The summed E-state index contributed by atoms with van der Waals surface area (Å²) in [6.07, 6.45) is 0.943. The first-order chi connectivity index (χ1) is 24.3. The summed E-state index contributed by atoms with van der Waals surface area (Å²) in [5.41, 5.74) is 18.7. The zero-order valence-corrected chi connectivity index (χ0v) is 26.7. The maximum Gasteiger partial charge on any atom is 0.252 e. The molecule has 0 fully saturated rings. The van der Waals surface area contributed by atoms with E-state index >= 15 is 0 Å². The van der Waals surface area contributed by atoms with Crippen molar-refractivity contribution in [1.82, 2.24) is 0 Å². The van der Waals surface area contributed by atoms with Crippen LogP contribution in [0.2, 0.25) is 0 Å². The van der Waals surface area contributed by atoms with Crippen molar-refractivity contribution in [3.05, 3.63) is 175 Å². The Kier molecular flexibility index (Phi) is 5.53. The molecular weight excluding hydrogens is 595 g/mol. The summed E-state index contributed by atoms with van der Waals surface area (Å²) in [7, 11) is 0. The van der Waals surface area contributed by atoms with Crippen molar-refractivity contribution < 1.29 is 4.42 Å². The van der Waals surface area contributed by atoms with Crippen LogP contribution in [0.25, 0.3) is 33.4 Å². The number of para-hydroxylation sites is 3. The molecule has 4 heteroatoms. The molecule has 3 aliphatic rings. The molecule has 3 nitrogen and oxygen atoms in total. The van der Waals surface area contributed by atoms with Gasteiger partial charge in [-0.15, -0.1) is 0 Å². The summed E-state index contributed by atoms with van der Waals surface area (Å²) in [5.74, 6) is 0.882. The summed E-state index contributed by atoms with van der Waals surface area (Å²) in [5, 5.41) is 1.12. The summed E-state index contributed by atoms with van der Waals surface area (Å²) in [6, 6.07) is 59.7. The van der Waals surface area contributed by atoms with Crippen LogP contribution in [0.5, 0.6) is 0 Å². The molecule has 0 N–H and O–H groups in total. The highest BCUT2D eigenvalue weighted by Gasteiger charge is 2.45. The Bertz CT molecular complexity index is 2570. The number of hydrogen-bond donors (Lipinski definition) is 0. The molecule has 8 aromatic rings. The largest absolute Gasteiger partial charge is 0.456 e. The van der Waals surface area contributed by atoms with Crippen LogP contribution in [-0.2, 0) is 6.42 Å². The van der Waals surface area contributed by atoms with Gasteiger partial charge in [0.1, 0.15) is 11.3 Å². The van der Waals surface area contributed by atoms with Gasteiger partial charge in [-0.05, 0) is 99.3 Å². The van der Waals surface area contributed by atoms with Crippen LogP contribution < -0.4 is 26.2 Å². The van der Waals surface area contributed by atoms with Crippen molar-refractivity contribution in [2.45, 2.75) is 6.42 Å². The van der Waals surface area contributed by atoms with Gasteiger partial charge < -0.3 is 14.2 Å². The Morgan fingerprint density at radius 3 is 2.06 bits per heavy atom. The zero-order valence-electron chi connectivity index (χ0n) is 26.7. The molecule has 3 aliphatic heterocycles. The normalized spacial score (nSPS) is 13.5. The molecule has 0 radical (unpaired) electrons. The quantitative estimate of drug-likeness (QED) is 0.183. The SMILES string of the molecule is c1ccc(-c2ccc3c(c2)B2c4cccc5c4N(c4ccccc4C5)c4cccc(c42)N3c2ccc(-c3cc4ccccc4o3)cc2)cc1. The monoisotopic (exact) mass is 624 g/mol. The lowest BCUT2D eigenvalue weighted by atomic mass is 9.33. The average molecular weight is 625 g/mol. The van der Waals surface area contributed by atoms with Crippen molar-refractivity contribution in [3.63, 3.8) is 0 Å². The Morgan fingerprint density at radius 2 is 1.18 bits per heavy atom. The van der Waals surface area contributed by atoms with Crippen molar-refractivity contribution in [2.75, 3.05) is 9.80 Å². The van der Waals surface area contributed by atoms with Gasteiger partial charge in [-0.25, -0.2) is 0 Å². The lowest BCUT2D eigenvalue weighted by Gasteiger charge is -2.46. The first-order valence-corrected chi connectivity index (χ1v) is 17.0. The highest BCUT2D eigenvalue weighted by Crippen LogP contribution is 2.48. The summed E-state index contributed by atoms with van der Waals surface area (Å²) < 4.78 is 6.24. The molecule has 0 atom stereocenters. The van der Waals surface area contributed by atoms with E-state index in [0.717, 1.165) is 34.4 Å². The highest BCUT2D eigenvalue weighted by atomic mass is 16.3. The highest BCUT2D eigenvalue weighted by molar-refractivity contribution is 7.00. The molecule has 0 amide bonds. The molecule has 0 saturated heterocycles. The first-order valence-electron chi connectivity index (χ1n) is 17.0. The topological polar surface area (TPSA) is 19.6 Å². The zero-order chi connectivity index (χ0) is 32.1. The molecule has 4 heterocycles. The van der Waals surface area contributed by atoms with Crippen LogP contribution in [0.4, 0.5) is 34.1 Å². The van der Waals surface area contributed by atoms with E-state index in [1.165, 1.54) is 67.1 Å². The number of furan rings is 1. The second-order valence-corrected chi connectivity index (χ2v) is 13.3. The van der Waals surface area contributed by atoms with Crippen LogP contribution >= 0.6 is 0 Å². The second-order valence-electron chi connectivity index (χ2n) is 13.3. The number of anilines is 6. The molecule has 0 unspecified atom stereocenters.